The Kier molecular flexibility index (Phi) is 2.06. The first-order valence-corrected chi connectivity index (χ1v) is 4.51. The molecule has 2 N–H and O–H groups in total. The Morgan fingerprint density at radius 3 is 2.85 bits per heavy atom. The van der Waals surface area contributed by atoms with E-state index in [-0.39, 0.29) is 5.41 Å². The van der Waals surface area contributed by atoms with Crippen LogP contribution in [0.3, 0.4) is 0 Å². The first kappa shape index (κ1) is 8.66. The zero-order valence-electron chi connectivity index (χ0n) is 7.79. The van der Waals surface area contributed by atoms with Gasteiger partial charge >= 0.3 is 0 Å². The van der Waals surface area contributed by atoms with E-state index in [1.54, 1.807) is 0 Å². The highest BCUT2D eigenvalue weighted by Gasteiger charge is 2.44. The van der Waals surface area contributed by atoms with Crippen LogP contribution >= 0.6 is 0 Å². The van der Waals surface area contributed by atoms with Crippen LogP contribution in [0.15, 0.2) is 18.5 Å². The molecule has 1 aromatic rings. The van der Waals surface area contributed by atoms with Gasteiger partial charge in [0.25, 0.3) is 0 Å². The van der Waals surface area contributed by atoms with Gasteiger partial charge in [0.2, 0.25) is 0 Å². The molecule has 1 aliphatic carbocycles. The summed E-state index contributed by atoms with van der Waals surface area (Å²) < 4.78 is 0. The van der Waals surface area contributed by atoms with Crippen molar-refractivity contribution in [2.75, 3.05) is 6.61 Å². The van der Waals surface area contributed by atoms with Crippen molar-refractivity contribution in [2.24, 2.45) is 5.90 Å². The lowest BCUT2D eigenvalue weighted by atomic mass is 9.98. The van der Waals surface area contributed by atoms with Crippen molar-refractivity contribution in [2.45, 2.75) is 25.2 Å². The van der Waals surface area contributed by atoms with Gasteiger partial charge < -0.3 is 4.84 Å². The monoisotopic (exact) mass is 178 g/mol. The molecule has 13 heavy (non-hydrogen) atoms. The summed E-state index contributed by atoms with van der Waals surface area (Å²) in [6.45, 7) is 2.66. The third-order valence-corrected chi connectivity index (χ3v) is 2.70. The summed E-state index contributed by atoms with van der Waals surface area (Å²) in [6.07, 6.45) is 6.10. The summed E-state index contributed by atoms with van der Waals surface area (Å²) in [7, 11) is 0. The molecule has 0 atom stereocenters. The Labute approximate surface area is 77.9 Å². The SMILES string of the molecule is Cc1cncc(C2(CON)CC2)c1. The average molecular weight is 178 g/mol. The zero-order valence-corrected chi connectivity index (χ0v) is 7.79. The van der Waals surface area contributed by atoms with Gasteiger partial charge in [-0.2, -0.15) is 0 Å². The Morgan fingerprint density at radius 1 is 1.54 bits per heavy atom. The Bertz CT molecular complexity index is 308. The second-order valence-corrected chi connectivity index (χ2v) is 3.84. The Morgan fingerprint density at radius 2 is 2.31 bits per heavy atom. The van der Waals surface area contributed by atoms with E-state index < -0.39 is 0 Å². The van der Waals surface area contributed by atoms with Gasteiger partial charge in [-0.15, -0.1) is 0 Å². The van der Waals surface area contributed by atoms with Crippen LogP contribution in [0.25, 0.3) is 0 Å². The van der Waals surface area contributed by atoms with Gasteiger partial charge in [-0.25, -0.2) is 5.90 Å². The van der Waals surface area contributed by atoms with Crippen molar-refractivity contribution in [1.82, 2.24) is 4.98 Å². The van der Waals surface area contributed by atoms with Crippen molar-refractivity contribution in [3.05, 3.63) is 29.6 Å². The van der Waals surface area contributed by atoms with Gasteiger partial charge in [0.15, 0.2) is 0 Å². The maximum atomic E-state index is 5.11. The topological polar surface area (TPSA) is 48.1 Å². The molecule has 0 spiro atoms. The molecule has 3 heteroatoms. The zero-order chi connectivity index (χ0) is 9.31. The van der Waals surface area contributed by atoms with Crippen LogP contribution < -0.4 is 5.90 Å². The largest absolute Gasteiger partial charge is 0.304 e. The van der Waals surface area contributed by atoms with Crippen LogP contribution in [-0.4, -0.2) is 11.6 Å². The van der Waals surface area contributed by atoms with E-state index in [9.17, 15) is 0 Å². The van der Waals surface area contributed by atoms with Crippen LogP contribution in [-0.2, 0) is 10.3 Å². The predicted octanol–water partition coefficient (Wildman–Crippen LogP) is 1.31. The maximum Gasteiger partial charge on any atom is 0.0776 e. The molecule has 0 aliphatic heterocycles. The molecule has 0 saturated heterocycles. The van der Waals surface area contributed by atoms with Crippen molar-refractivity contribution in [3.63, 3.8) is 0 Å². The van der Waals surface area contributed by atoms with E-state index in [4.69, 9.17) is 10.7 Å². The highest BCUT2D eigenvalue weighted by atomic mass is 16.6. The summed E-state index contributed by atoms with van der Waals surface area (Å²) >= 11 is 0. The molecular formula is C10H14N2O. The van der Waals surface area contributed by atoms with Crippen molar-refractivity contribution in [3.8, 4) is 0 Å². The molecule has 0 unspecified atom stereocenters. The molecule has 1 fully saturated rings. The fraction of sp³-hybridized carbons (Fsp3) is 0.500. The highest BCUT2D eigenvalue weighted by molar-refractivity contribution is 5.31. The number of nitrogens with two attached hydrogens (primary N) is 1. The molecule has 0 radical (unpaired) electrons. The lowest BCUT2D eigenvalue weighted by molar-refractivity contribution is 0.116. The maximum absolute atomic E-state index is 5.11. The minimum absolute atomic E-state index is 0.174. The molecule has 0 bridgehead atoms. The van der Waals surface area contributed by atoms with Crippen LogP contribution in [0.1, 0.15) is 24.0 Å². The first-order chi connectivity index (χ1) is 6.27. The minimum Gasteiger partial charge on any atom is -0.304 e. The number of rotatable bonds is 3. The molecule has 1 aliphatic rings. The van der Waals surface area contributed by atoms with E-state index in [1.165, 1.54) is 11.1 Å². The van der Waals surface area contributed by atoms with Crippen LogP contribution in [0.2, 0.25) is 0 Å². The average Bonchev–Trinajstić information content (AvgIpc) is 2.86. The van der Waals surface area contributed by atoms with Crippen LogP contribution in [0.4, 0.5) is 0 Å². The molecule has 3 nitrogen and oxygen atoms in total. The van der Waals surface area contributed by atoms with E-state index in [1.807, 2.05) is 12.4 Å². The number of hydrogen-bond acceptors (Lipinski definition) is 3. The fourth-order valence-corrected chi connectivity index (χ4v) is 1.67. The van der Waals surface area contributed by atoms with Crippen molar-refractivity contribution < 1.29 is 4.84 Å². The Balaban J connectivity index is 2.25. The standard InChI is InChI=1S/C10H14N2O/c1-8-4-9(6-12-5-8)10(2-3-10)7-13-11/h4-6H,2-3,7,11H2,1H3. The summed E-state index contributed by atoms with van der Waals surface area (Å²) in [5.74, 6) is 5.11. The number of hydrogen-bond donors (Lipinski definition) is 1. The summed E-state index contributed by atoms with van der Waals surface area (Å²) in [5.41, 5.74) is 2.63. The van der Waals surface area contributed by atoms with Gasteiger partial charge in [-0.1, -0.05) is 6.07 Å². The fourth-order valence-electron chi connectivity index (χ4n) is 1.67. The number of aryl methyl sites for hydroxylation is 1. The highest BCUT2D eigenvalue weighted by Crippen LogP contribution is 2.47. The number of nitrogens with zero attached hydrogens (tertiary/aromatic N) is 1. The summed E-state index contributed by atoms with van der Waals surface area (Å²) in [4.78, 5) is 8.91. The molecule has 0 aromatic carbocycles. The third kappa shape index (κ3) is 1.57. The van der Waals surface area contributed by atoms with Crippen LogP contribution in [0, 0.1) is 6.92 Å². The minimum atomic E-state index is 0.174. The number of aromatic nitrogens is 1. The second-order valence-electron chi connectivity index (χ2n) is 3.84. The van der Waals surface area contributed by atoms with Crippen molar-refractivity contribution in [1.29, 1.82) is 0 Å². The molecule has 1 saturated carbocycles. The van der Waals surface area contributed by atoms with E-state index in [2.05, 4.69) is 18.0 Å². The summed E-state index contributed by atoms with van der Waals surface area (Å²) in [5, 5.41) is 0. The van der Waals surface area contributed by atoms with Gasteiger partial charge in [0.05, 0.1) is 6.61 Å². The van der Waals surface area contributed by atoms with Gasteiger partial charge in [0, 0.05) is 17.8 Å². The van der Waals surface area contributed by atoms with Gasteiger partial charge in [-0.05, 0) is 30.9 Å². The number of pyridine rings is 1. The molecule has 2 rings (SSSR count). The molecule has 70 valence electrons. The lowest BCUT2D eigenvalue weighted by Gasteiger charge is -2.13. The third-order valence-electron chi connectivity index (χ3n) is 2.70. The second kappa shape index (κ2) is 3.09. The van der Waals surface area contributed by atoms with E-state index in [0.717, 1.165) is 12.8 Å². The van der Waals surface area contributed by atoms with E-state index >= 15 is 0 Å². The Hall–Kier alpha value is -0.930. The normalized spacial score (nSPS) is 18.6. The van der Waals surface area contributed by atoms with Gasteiger partial charge in [0.1, 0.15) is 0 Å². The molecular weight excluding hydrogens is 164 g/mol. The molecule has 1 aromatic heterocycles. The molecule has 0 amide bonds. The first-order valence-electron chi connectivity index (χ1n) is 4.51. The predicted molar refractivity (Wildman–Crippen MR) is 50.0 cm³/mol. The quantitative estimate of drug-likeness (QED) is 0.710. The summed E-state index contributed by atoms with van der Waals surface area (Å²) in [6, 6.07) is 2.17. The van der Waals surface area contributed by atoms with Crippen molar-refractivity contribution >= 4 is 0 Å². The van der Waals surface area contributed by atoms with Crippen LogP contribution in [0.5, 0.6) is 0 Å². The molecule has 1 heterocycles. The van der Waals surface area contributed by atoms with E-state index in [0.29, 0.717) is 6.61 Å². The lowest BCUT2D eigenvalue weighted by Crippen LogP contribution is -2.18. The smallest absolute Gasteiger partial charge is 0.0776 e. The van der Waals surface area contributed by atoms with Gasteiger partial charge in [-0.3, -0.25) is 4.98 Å².